The predicted octanol–water partition coefficient (Wildman–Crippen LogP) is 3.09. The molecular formula is C13H8BrClN5. The van der Waals surface area contributed by atoms with Gasteiger partial charge in [0.15, 0.2) is 16.8 Å². The first-order valence-corrected chi connectivity index (χ1v) is 7.09. The lowest BCUT2D eigenvalue weighted by molar-refractivity contribution is 0.674. The van der Waals surface area contributed by atoms with E-state index in [9.17, 15) is 0 Å². The molecule has 0 N–H and O–H groups in total. The molecule has 5 nitrogen and oxygen atoms in total. The molecule has 1 aromatic carbocycles. The topological polar surface area (TPSA) is 48.5 Å². The highest BCUT2D eigenvalue weighted by molar-refractivity contribution is 9.10. The van der Waals surface area contributed by atoms with E-state index >= 15 is 0 Å². The fourth-order valence-electron chi connectivity index (χ4n) is 2.44. The molecule has 0 spiro atoms. The van der Waals surface area contributed by atoms with Gasteiger partial charge in [-0.15, -0.1) is 0 Å². The molecule has 20 heavy (non-hydrogen) atoms. The third kappa shape index (κ3) is 1.65. The summed E-state index contributed by atoms with van der Waals surface area (Å²) in [5.74, 6) is 1.28. The van der Waals surface area contributed by atoms with Crippen molar-refractivity contribution in [2.75, 3.05) is 0 Å². The van der Waals surface area contributed by atoms with Gasteiger partial charge in [-0.05, 0) is 18.2 Å². The van der Waals surface area contributed by atoms with Crippen molar-refractivity contribution in [1.82, 2.24) is 24.3 Å². The van der Waals surface area contributed by atoms with Gasteiger partial charge in [-0.2, -0.15) is 5.10 Å². The van der Waals surface area contributed by atoms with Crippen molar-refractivity contribution in [2.45, 2.75) is 6.54 Å². The molecule has 0 saturated carbocycles. The van der Waals surface area contributed by atoms with E-state index in [1.54, 1.807) is 11.0 Å². The zero-order chi connectivity index (χ0) is 13.9. The Hall–Kier alpha value is -1.66. The summed E-state index contributed by atoms with van der Waals surface area (Å²) in [4.78, 5) is 8.61. The quantitative estimate of drug-likeness (QED) is 0.490. The first-order chi connectivity index (χ1) is 9.63. The van der Waals surface area contributed by atoms with E-state index in [2.05, 4.69) is 37.9 Å². The minimum absolute atomic E-state index is 0.479. The summed E-state index contributed by atoms with van der Waals surface area (Å²) < 4.78 is 4.76. The van der Waals surface area contributed by atoms with Gasteiger partial charge in [0.05, 0.1) is 17.9 Å². The number of fused-ring (bicyclic) bond motifs is 5. The summed E-state index contributed by atoms with van der Waals surface area (Å²) in [5, 5.41) is 4.82. The van der Waals surface area contributed by atoms with Crippen LogP contribution in [0.4, 0.5) is 0 Å². The molecule has 1 radical (unpaired) electrons. The van der Waals surface area contributed by atoms with Gasteiger partial charge in [0.2, 0.25) is 0 Å². The van der Waals surface area contributed by atoms with Gasteiger partial charge in [0.1, 0.15) is 6.33 Å². The zero-order valence-electron chi connectivity index (χ0n) is 10.2. The molecule has 4 rings (SSSR count). The lowest BCUT2D eigenvalue weighted by Crippen LogP contribution is -2.04. The summed E-state index contributed by atoms with van der Waals surface area (Å²) in [7, 11) is 0. The summed E-state index contributed by atoms with van der Waals surface area (Å²) in [6, 6.07) is 6.00. The van der Waals surface area contributed by atoms with Gasteiger partial charge in [-0.25, -0.2) is 14.6 Å². The van der Waals surface area contributed by atoms with Crippen LogP contribution in [-0.4, -0.2) is 24.3 Å². The first-order valence-electron chi connectivity index (χ1n) is 5.92. The van der Waals surface area contributed by atoms with E-state index in [4.69, 9.17) is 11.6 Å². The summed E-state index contributed by atoms with van der Waals surface area (Å²) >= 11 is 9.68. The predicted molar refractivity (Wildman–Crippen MR) is 78.9 cm³/mol. The van der Waals surface area contributed by atoms with Crippen LogP contribution >= 0.6 is 27.5 Å². The molecule has 0 saturated heterocycles. The molecule has 0 bridgehead atoms. The monoisotopic (exact) mass is 348 g/mol. The normalized spacial score (nSPS) is 12.6. The molecule has 0 amide bonds. The van der Waals surface area contributed by atoms with Crippen molar-refractivity contribution in [1.29, 1.82) is 0 Å². The van der Waals surface area contributed by atoms with Crippen LogP contribution in [0.15, 0.2) is 29.0 Å². The lowest BCUT2D eigenvalue weighted by atomic mass is 10.1. The molecule has 0 atom stereocenters. The number of rotatable bonds is 0. The lowest BCUT2D eigenvalue weighted by Gasteiger charge is -2.08. The van der Waals surface area contributed by atoms with E-state index in [1.807, 2.05) is 22.8 Å². The molecule has 99 valence electrons. The summed E-state index contributed by atoms with van der Waals surface area (Å²) in [6.07, 6.45) is 1.72. The average molecular weight is 350 g/mol. The van der Waals surface area contributed by atoms with Crippen molar-refractivity contribution >= 4 is 27.5 Å². The minimum Gasteiger partial charge on any atom is -0.299 e. The second kappa shape index (κ2) is 4.17. The zero-order valence-corrected chi connectivity index (χ0v) is 12.6. The highest BCUT2D eigenvalue weighted by atomic mass is 79.9. The number of halogens is 2. The number of aromatic nitrogens is 5. The van der Waals surface area contributed by atoms with E-state index in [0.717, 1.165) is 27.2 Å². The molecule has 0 unspecified atom stereocenters. The van der Waals surface area contributed by atoms with Crippen LogP contribution in [0.5, 0.6) is 0 Å². The molecule has 2 aromatic heterocycles. The Bertz CT molecular complexity index is 835. The maximum absolute atomic E-state index is 6.18. The molecular weight excluding hydrogens is 342 g/mol. The highest BCUT2D eigenvalue weighted by Gasteiger charge is 2.23. The number of imidazole rings is 1. The van der Waals surface area contributed by atoms with Crippen molar-refractivity contribution in [3.8, 4) is 17.1 Å². The molecule has 0 fully saturated rings. The molecule has 1 aliphatic heterocycles. The Morgan fingerprint density at radius 3 is 3.05 bits per heavy atom. The van der Waals surface area contributed by atoms with Gasteiger partial charge in [-0.3, -0.25) is 4.57 Å². The van der Waals surface area contributed by atoms with Crippen LogP contribution in [0.2, 0.25) is 5.15 Å². The van der Waals surface area contributed by atoms with E-state index in [1.165, 1.54) is 0 Å². The Morgan fingerprint density at radius 1 is 1.35 bits per heavy atom. The second-order valence-electron chi connectivity index (χ2n) is 4.52. The first kappa shape index (κ1) is 12.1. The van der Waals surface area contributed by atoms with Gasteiger partial charge in [0.25, 0.3) is 0 Å². The van der Waals surface area contributed by atoms with Crippen LogP contribution in [0.1, 0.15) is 11.5 Å². The van der Waals surface area contributed by atoms with Crippen molar-refractivity contribution in [2.24, 2.45) is 0 Å². The smallest absolute Gasteiger partial charge is 0.160 e. The Morgan fingerprint density at radius 2 is 2.20 bits per heavy atom. The van der Waals surface area contributed by atoms with Gasteiger partial charge >= 0.3 is 0 Å². The second-order valence-corrected chi connectivity index (χ2v) is 5.80. The number of hydrogen-bond acceptors (Lipinski definition) is 3. The van der Waals surface area contributed by atoms with Crippen LogP contribution in [0.3, 0.4) is 0 Å². The summed E-state index contributed by atoms with van der Waals surface area (Å²) in [6.45, 7) is 4.32. The Kier molecular flexibility index (Phi) is 2.52. The minimum atomic E-state index is 0.479. The molecule has 1 aliphatic rings. The largest absolute Gasteiger partial charge is 0.299 e. The number of nitrogens with zero attached hydrogens (tertiary/aromatic N) is 5. The maximum atomic E-state index is 6.18. The standard InChI is InChI=1S/C13H8BrClN5/c1-7-17-13-9-4-8(14)2-3-10(9)19-6-16-12(15)11(19)5-20(13)18-7/h2-4,6H,1,5H2. The Balaban J connectivity index is 2.12. The van der Waals surface area contributed by atoms with Crippen LogP contribution in [0, 0.1) is 6.92 Å². The van der Waals surface area contributed by atoms with Crippen molar-refractivity contribution in [3.63, 3.8) is 0 Å². The van der Waals surface area contributed by atoms with Gasteiger partial charge in [0, 0.05) is 17.0 Å². The fraction of sp³-hybridized carbons (Fsp3) is 0.0769. The van der Waals surface area contributed by atoms with Crippen LogP contribution in [-0.2, 0) is 6.54 Å². The van der Waals surface area contributed by atoms with Gasteiger partial charge < -0.3 is 0 Å². The number of benzene rings is 1. The molecule has 3 heterocycles. The number of hydrogen-bond donors (Lipinski definition) is 0. The third-order valence-electron chi connectivity index (χ3n) is 3.29. The van der Waals surface area contributed by atoms with Crippen molar-refractivity contribution in [3.05, 3.63) is 52.6 Å². The van der Waals surface area contributed by atoms with E-state index in [0.29, 0.717) is 17.5 Å². The van der Waals surface area contributed by atoms with Crippen LogP contribution < -0.4 is 0 Å². The molecule has 3 aromatic rings. The summed E-state index contributed by atoms with van der Waals surface area (Å²) in [5.41, 5.74) is 2.84. The van der Waals surface area contributed by atoms with E-state index < -0.39 is 0 Å². The Labute approximate surface area is 128 Å². The van der Waals surface area contributed by atoms with Crippen molar-refractivity contribution < 1.29 is 0 Å². The molecule has 0 aliphatic carbocycles. The van der Waals surface area contributed by atoms with Crippen LogP contribution in [0.25, 0.3) is 17.1 Å². The fourth-order valence-corrected chi connectivity index (χ4v) is 2.99. The SMILES string of the molecule is [CH2]c1nc2n(n1)Cc1c(Cl)ncn1-c1ccc(Br)cc1-2. The maximum Gasteiger partial charge on any atom is 0.160 e. The third-order valence-corrected chi connectivity index (χ3v) is 4.10. The van der Waals surface area contributed by atoms with Gasteiger partial charge in [-0.1, -0.05) is 27.5 Å². The highest BCUT2D eigenvalue weighted by Crippen LogP contribution is 2.34. The van der Waals surface area contributed by atoms with E-state index in [-0.39, 0.29) is 0 Å². The molecule has 7 heteroatoms. The average Bonchev–Trinajstić information content (AvgIpc) is 2.92.